The van der Waals surface area contributed by atoms with Crippen LogP contribution < -0.4 is 5.32 Å². The first-order chi connectivity index (χ1) is 8.31. The number of H-pyrrole nitrogens is 1. The molecule has 0 aliphatic heterocycles. The van der Waals surface area contributed by atoms with Crippen molar-refractivity contribution in [2.45, 2.75) is 6.54 Å². The van der Waals surface area contributed by atoms with Gasteiger partial charge in [0.2, 0.25) is 0 Å². The molecule has 0 aliphatic rings. The van der Waals surface area contributed by atoms with Crippen LogP contribution in [-0.2, 0) is 6.54 Å². The Bertz CT molecular complexity index is 467. The SMILES string of the molecule is OCCNCc1cn[nH]c1-c1ccc(Cl)cc1. The molecule has 2 aromatic rings. The zero-order chi connectivity index (χ0) is 12.1. The van der Waals surface area contributed by atoms with Crippen LogP contribution in [0, 0.1) is 0 Å². The Labute approximate surface area is 105 Å². The van der Waals surface area contributed by atoms with Gasteiger partial charge in [-0.15, -0.1) is 0 Å². The molecule has 1 heterocycles. The molecule has 0 atom stereocenters. The smallest absolute Gasteiger partial charge is 0.0695 e. The molecule has 0 saturated heterocycles. The van der Waals surface area contributed by atoms with E-state index in [9.17, 15) is 0 Å². The molecular formula is C12H14ClN3O. The monoisotopic (exact) mass is 251 g/mol. The van der Waals surface area contributed by atoms with Gasteiger partial charge in [-0.1, -0.05) is 23.7 Å². The number of aliphatic hydroxyl groups is 1. The average Bonchev–Trinajstić information content (AvgIpc) is 2.79. The van der Waals surface area contributed by atoms with E-state index in [0.717, 1.165) is 16.8 Å². The highest BCUT2D eigenvalue weighted by molar-refractivity contribution is 6.30. The number of benzene rings is 1. The fraction of sp³-hybridized carbons (Fsp3) is 0.250. The fourth-order valence-corrected chi connectivity index (χ4v) is 1.74. The van der Waals surface area contributed by atoms with Crippen LogP contribution in [0.1, 0.15) is 5.56 Å². The van der Waals surface area contributed by atoms with E-state index < -0.39 is 0 Å². The number of aliphatic hydroxyl groups excluding tert-OH is 1. The van der Waals surface area contributed by atoms with Crippen LogP contribution in [0.3, 0.4) is 0 Å². The van der Waals surface area contributed by atoms with E-state index in [1.807, 2.05) is 24.3 Å². The summed E-state index contributed by atoms with van der Waals surface area (Å²) in [5.74, 6) is 0. The van der Waals surface area contributed by atoms with E-state index in [4.69, 9.17) is 16.7 Å². The van der Waals surface area contributed by atoms with Crippen molar-refractivity contribution in [2.24, 2.45) is 0 Å². The lowest BCUT2D eigenvalue weighted by atomic mass is 10.1. The molecule has 3 N–H and O–H groups in total. The van der Waals surface area contributed by atoms with Crippen LogP contribution in [0.25, 0.3) is 11.3 Å². The first kappa shape index (κ1) is 12.1. The highest BCUT2D eigenvalue weighted by Gasteiger charge is 2.06. The summed E-state index contributed by atoms with van der Waals surface area (Å²) in [5.41, 5.74) is 3.10. The lowest BCUT2D eigenvalue weighted by molar-refractivity contribution is 0.292. The molecule has 17 heavy (non-hydrogen) atoms. The molecule has 0 bridgehead atoms. The van der Waals surface area contributed by atoms with E-state index in [2.05, 4.69) is 15.5 Å². The predicted octanol–water partition coefficient (Wildman–Crippen LogP) is 1.81. The second kappa shape index (κ2) is 5.82. The molecule has 0 spiro atoms. The van der Waals surface area contributed by atoms with Crippen molar-refractivity contribution in [2.75, 3.05) is 13.2 Å². The van der Waals surface area contributed by atoms with Gasteiger partial charge in [-0.05, 0) is 17.7 Å². The maximum atomic E-state index is 8.71. The van der Waals surface area contributed by atoms with Crippen molar-refractivity contribution in [1.29, 1.82) is 0 Å². The maximum absolute atomic E-state index is 8.71. The molecule has 4 nitrogen and oxygen atoms in total. The Kier molecular flexibility index (Phi) is 4.14. The normalized spacial score (nSPS) is 10.7. The fourth-order valence-electron chi connectivity index (χ4n) is 1.61. The summed E-state index contributed by atoms with van der Waals surface area (Å²) in [6.45, 7) is 1.38. The van der Waals surface area contributed by atoms with Crippen LogP contribution >= 0.6 is 11.6 Å². The molecule has 2 rings (SSSR count). The Morgan fingerprint density at radius 3 is 2.76 bits per heavy atom. The van der Waals surface area contributed by atoms with Crippen LogP contribution in [-0.4, -0.2) is 28.5 Å². The van der Waals surface area contributed by atoms with Gasteiger partial charge in [0.25, 0.3) is 0 Å². The van der Waals surface area contributed by atoms with Crippen LogP contribution in [0.5, 0.6) is 0 Å². The van der Waals surface area contributed by atoms with Crippen molar-refractivity contribution in [3.63, 3.8) is 0 Å². The second-order valence-corrected chi connectivity index (χ2v) is 4.11. The zero-order valence-electron chi connectivity index (χ0n) is 9.28. The van der Waals surface area contributed by atoms with Crippen LogP contribution in [0.15, 0.2) is 30.5 Å². The van der Waals surface area contributed by atoms with E-state index in [1.54, 1.807) is 6.20 Å². The topological polar surface area (TPSA) is 60.9 Å². The number of nitrogens with zero attached hydrogens (tertiary/aromatic N) is 1. The Hall–Kier alpha value is -1.36. The van der Waals surface area contributed by atoms with E-state index in [-0.39, 0.29) is 6.61 Å². The second-order valence-electron chi connectivity index (χ2n) is 3.68. The standard InChI is InChI=1S/C12H14ClN3O/c13-11-3-1-9(2-4-11)12-10(8-15-16-12)7-14-5-6-17/h1-4,8,14,17H,5-7H2,(H,15,16). The summed E-state index contributed by atoms with van der Waals surface area (Å²) < 4.78 is 0. The number of hydrogen-bond acceptors (Lipinski definition) is 3. The number of aromatic nitrogens is 2. The van der Waals surface area contributed by atoms with E-state index in [1.165, 1.54) is 0 Å². The first-order valence-electron chi connectivity index (χ1n) is 5.41. The van der Waals surface area contributed by atoms with Crippen molar-refractivity contribution < 1.29 is 5.11 Å². The van der Waals surface area contributed by atoms with Gasteiger partial charge in [0.05, 0.1) is 18.5 Å². The van der Waals surface area contributed by atoms with E-state index >= 15 is 0 Å². The molecule has 0 unspecified atom stereocenters. The molecule has 1 aromatic carbocycles. The van der Waals surface area contributed by atoms with Gasteiger partial charge in [-0.25, -0.2) is 0 Å². The van der Waals surface area contributed by atoms with Crippen molar-refractivity contribution in [3.05, 3.63) is 41.0 Å². The first-order valence-corrected chi connectivity index (χ1v) is 5.79. The third kappa shape index (κ3) is 3.06. The lowest BCUT2D eigenvalue weighted by Crippen LogP contribution is -2.17. The molecule has 5 heteroatoms. The largest absolute Gasteiger partial charge is 0.395 e. The van der Waals surface area contributed by atoms with Gasteiger partial charge in [0.1, 0.15) is 0 Å². The van der Waals surface area contributed by atoms with Gasteiger partial charge >= 0.3 is 0 Å². The molecule has 0 amide bonds. The molecule has 0 saturated carbocycles. The Balaban J connectivity index is 2.15. The lowest BCUT2D eigenvalue weighted by Gasteiger charge is -2.04. The van der Waals surface area contributed by atoms with Gasteiger partial charge in [-0.2, -0.15) is 5.10 Å². The summed E-state index contributed by atoms with van der Waals surface area (Å²) in [6, 6.07) is 7.60. The summed E-state index contributed by atoms with van der Waals surface area (Å²) in [4.78, 5) is 0. The summed E-state index contributed by atoms with van der Waals surface area (Å²) in [5, 5.41) is 19.6. The van der Waals surface area contributed by atoms with Crippen molar-refractivity contribution >= 4 is 11.6 Å². The number of nitrogens with one attached hydrogen (secondary N) is 2. The maximum Gasteiger partial charge on any atom is 0.0695 e. The zero-order valence-corrected chi connectivity index (χ0v) is 10.0. The predicted molar refractivity (Wildman–Crippen MR) is 67.8 cm³/mol. The summed E-state index contributed by atoms with van der Waals surface area (Å²) in [6.07, 6.45) is 1.79. The summed E-state index contributed by atoms with van der Waals surface area (Å²) >= 11 is 5.85. The molecule has 90 valence electrons. The number of hydrogen-bond donors (Lipinski definition) is 3. The number of rotatable bonds is 5. The van der Waals surface area contributed by atoms with Crippen LogP contribution in [0.4, 0.5) is 0 Å². The van der Waals surface area contributed by atoms with Crippen molar-refractivity contribution in [1.82, 2.24) is 15.5 Å². The highest BCUT2D eigenvalue weighted by Crippen LogP contribution is 2.22. The van der Waals surface area contributed by atoms with Gasteiger partial charge in [0.15, 0.2) is 0 Å². The third-order valence-electron chi connectivity index (χ3n) is 2.45. The highest BCUT2D eigenvalue weighted by atomic mass is 35.5. The van der Waals surface area contributed by atoms with Crippen molar-refractivity contribution in [3.8, 4) is 11.3 Å². The Morgan fingerprint density at radius 1 is 1.29 bits per heavy atom. The summed E-state index contributed by atoms with van der Waals surface area (Å²) in [7, 11) is 0. The Morgan fingerprint density at radius 2 is 2.06 bits per heavy atom. The molecular weight excluding hydrogens is 238 g/mol. The molecule has 1 aromatic heterocycles. The van der Waals surface area contributed by atoms with E-state index in [0.29, 0.717) is 18.1 Å². The van der Waals surface area contributed by atoms with Crippen LogP contribution in [0.2, 0.25) is 5.02 Å². The molecule has 0 fully saturated rings. The average molecular weight is 252 g/mol. The third-order valence-corrected chi connectivity index (χ3v) is 2.71. The minimum Gasteiger partial charge on any atom is -0.395 e. The quantitative estimate of drug-likeness (QED) is 0.711. The number of aromatic amines is 1. The van der Waals surface area contributed by atoms with Gasteiger partial charge < -0.3 is 10.4 Å². The van der Waals surface area contributed by atoms with Gasteiger partial charge in [-0.3, -0.25) is 5.10 Å². The number of halogens is 1. The molecule has 0 aliphatic carbocycles. The minimum absolute atomic E-state index is 0.133. The minimum atomic E-state index is 0.133. The van der Waals surface area contributed by atoms with Gasteiger partial charge in [0, 0.05) is 23.7 Å². The molecule has 0 radical (unpaired) electrons.